The van der Waals surface area contributed by atoms with E-state index in [0.29, 0.717) is 0 Å². The molecule has 1 aromatic rings. The molecule has 0 spiro atoms. The molecule has 82 valence electrons. The Hall–Kier alpha value is -1.25. The molecule has 2 rings (SSSR count). The van der Waals surface area contributed by atoms with Gasteiger partial charge >= 0.3 is 5.97 Å². The maximum absolute atomic E-state index is 11.4. The van der Waals surface area contributed by atoms with E-state index in [9.17, 15) is 9.90 Å². The zero-order valence-electron chi connectivity index (χ0n) is 9.64. The fourth-order valence-corrected chi connectivity index (χ4v) is 2.73. The SMILES string of the molecule is Cc1cc(C2(C(=O)O)CC2(C)C)c(C)[nH]1. The molecular weight excluding hydrogens is 190 g/mol. The molecule has 2 N–H and O–H groups in total. The van der Waals surface area contributed by atoms with E-state index in [1.807, 2.05) is 33.8 Å². The first kappa shape index (κ1) is 10.3. The lowest BCUT2D eigenvalue weighted by Gasteiger charge is -2.15. The van der Waals surface area contributed by atoms with Crippen molar-refractivity contribution in [3.05, 3.63) is 23.0 Å². The van der Waals surface area contributed by atoms with Gasteiger partial charge in [-0.25, -0.2) is 0 Å². The summed E-state index contributed by atoms with van der Waals surface area (Å²) in [6, 6.07) is 1.97. The number of H-pyrrole nitrogens is 1. The summed E-state index contributed by atoms with van der Waals surface area (Å²) in [4.78, 5) is 14.6. The number of hydrogen-bond acceptors (Lipinski definition) is 1. The molecule has 3 nitrogen and oxygen atoms in total. The number of aromatic nitrogens is 1. The lowest BCUT2D eigenvalue weighted by Crippen LogP contribution is -2.25. The van der Waals surface area contributed by atoms with Gasteiger partial charge in [0.25, 0.3) is 0 Å². The molecule has 1 aliphatic rings. The summed E-state index contributed by atoms with van der Waals surface area (Å²) < 4.78 is 0. The third-order valence-corrected chi connectivity index (χ3v) is 3.71. The average molecular weight is 207 g/mol. The fourth-order valence-electron chi connectivity index (χ4n) is 2.73. The van der Waals surface area contributed by atoms with Crippen molar-refractivity contribution in [1.29, 1.82) is 0 Å². The van der Waals surface area contributed by atoms with Gasteiger partial charge in [-0.05, 0) is 37.3 Å². The third-order valence-electron chi connectivity index (χ3n) is 3.71. The van der Waals surface area contributed by atoms with E-state index in [4.69, 9.17) is 0 Å². The van der Waals surface area contributed by atoms with Crippen molar-refractivity contribution >= 4 is 5.97 Å². The van der Waals surface area contributed by atoms with Gasteiger partial charge in [0.1, 0.15) is 5.41 Å². The molecule has 0 radical (unpaired) electrons. The number of rotatable bonds is 2. The van der Waals surface area contributed by atoms with E-state index in [2.05, 4.69) is 4.98 Å². The fraction of sp³-hybridized carbons (Fsp3) is 0.583. The molecule has 1 atom stereocenters. The Kier molecular flexibility index (Phi) is 1.82. The van der Waals surface area contributed by atoms with Crippen LogP contribution >= 0.6 is 0 Å². The number of carboxylic acid groups (broad SMARTS) is 1. The molecular formula is C12H17NO2. The molecule has 0 saturated heterocycles. The lowest BCUT2D eigenvalue weighted by molar-refractivity contribution is -0.141. The Morgan fingerprint density at radius 1 is 1.47 bits per heavy atom. The minimum atomic E-state index is -0.699. The molecule has 1 aliphatic carbocycles. The first-order chi connectivity index (χ1) is 6.81. The highest BCUT2D eigenvalue weighted by atomic mass is 16.4. The highest BCUT2D eigenvalue weighted by Gasteiger charge is 2.68. The minimum absolute atomic E-state index is 0.127. The molecule has 3 heteroatoms. The highest BCUT2D eigenvalue weighted by Crippen LogP contribution is 2.65. The minimum Gasteiger partial charge on any atom is -0.481 e. The average Bonchev–Trinajstić information content (AvgIpc) is 2.50. The molecule has 15 heavy (non-hydrogen) atoms. The summed E-state index contributed by atoms with van der Waals surface area (Å²) in [5.41, 5.74) is 2.18. The van der Waals surface area contributed by atoms with Crippen molar-refractivity contribution in [2.75, 3.05) is 0 Å². The smallest absolute Gasteiger partial charge is 0.314 e. The van der Waals surface area contributed by atoms with Crippen molar-refractivity contribution in [3.63, 3.8) is 0 Å². The lowest BCUT2D eigenvalue weighted by atomic mass is 9.88. The predicted octanol–water partition coefficient (Wildman–Crippen LogP) is 2.38. The van der Waals surface area contributed by atoms with Gasteiger partial charge in [-0.1, -0.05) is 13.8 Å². The van der Waals surface area contributed by atoms with Crippen LogP contribution in [0.15, 0.2) is 6.07 Å². The number of carbonyl (C=O) groups is 1. The van der Waals surface area contributed by atoms with Crippen molar-refractivity contribution in [2.45, 2.75) is 39.5 Å². The van der Waals surface area contributed by atoms with Crippen LogP contribution in [0.2, 0.25) is 0 Å². The molecule has 1 fully saturated rings. The monoisotopic (exact) mass is 207 g/mol. The van der Waals surface area contributed by atoms with Crippen LogP contribution in [0.4, 0.5) is 0 Å². The van der Waals surface area contributed by atoms with Crippen molar-refractivity contribution in [3.8, 4) is 0 Å². The molecule has 1 unspecified atom stereocenters. The predicted molar refractivity (Wildman–Crippen MR) is 58.0 cm³/mol. The Balaban J connectivity index is 2.54. The van der Waals surface area contributed by atoms with Gasteiger partial charge in [0, 0.05) is 11.4 Å². The topological polar surface area (TPSA) is 53.1 Å². The van der Waals surface area contributed by atoms with Gasteiger partial charge in [0.15, 0.2) is 0 Å². The second kappa shape index (κ2) is 2.65. The zero-order chi connectivity index (χ0) is 11.4. The van der Waals surface area contributed by atoms with Crippen LogP contribution in [0, 0.1) is 19.3 Å². The Labute approximate surface area is 89.5 Å². The van der Waals surface area contributed by atoms with E-state index in [1.54, 1.807) is 0 Å². The molecule has 0 amide bonds. The summed E-state index contributed by atoms with van der Waals surface area (Å²) in [6.07, 6.45) is 0.730. The van der Waals surface area contributed by atoms with Crippen LogP contribution in [0.5, 0.6) is 0 Å². The van der Waals surface area contributed by atoms with Gasteiger partial charge in [-0.15, -0.1) is 0 Å². The largest absolute Gasteiger partial charge is 0.481 e. The summed E-state index contributed by atoms with van der Waals surface area (Å²) in [5, 5.41) is 9.41. The maximum Gasteiger partial charge on any atom is 0.314 e. The summed E-state index contributed by atoms with van der Waals surface area (Å²) in [7, 11) is 0. The number of aryl methyl sites for hydroxylation is 2. The molecule has 0 aromatic carbocycles. The van der Waals surface area contributed by atoms with E-state index < -0.39 is 11.4 Å². The van der Waals surface area contributed by atoms with Gasteiger partial charge in [0.2, 0.25) is 0 Å². The van der Waals surface area contributed by atoms with E-state index >= 15 is 0 Å². The van der Waals surface area contributed by atoms with Crippen LogP contribution < -0.4 is 0 Å². The number of carboxylic acids is 1. The molecule has 1 saturated carbocycles. The van der Waals surface area contributed by atoms with Crippen molar-refractivity contribution in [1.82, 2.24) is 4.98 Å². The van der Waals surface area contributed by atoms with Crippen molar-refractivity contribution < 1.29 is 9.90 Å². The Bertz CT molecular complexity index is 431. The van der Waals surface area contributed by atoms with Gasteiger partial charge in [-0.3, -0.25) is 4.79 Å². The molecule has 0 bridgehead atoms. The van der Waals surface area contributed by atoms with Crippen molar-refractivity contribution in [2.24, 2.45) is 5.41 Å². The Morgan fingerprint density at radius 3 is 2.27 bits per heavy atom. The molecule has 1 heterocycles. The summed E-state index contributed by atoms with van der Waals surface area (Å²) in [5.74, 6) is -0.699. The highest BCUT2D eigenvalue weighted by molar-refractivity contribution is 5.87. The van der Waals surface area contributed by atoms with Gasteiger partial charge in [0.05, 0.1) is 0 Å². The Morgan fingerprint density at radius 2 is 2.00 bits per heavy atom. The van der Waals surface area contributed by atoms with Crippen LogP contribution in [0.25, 0.3) is 0 Å². The maximum atomic E-state index is 11.4. The van der Waals surface area contributed by atoms with E-state index in [-0.39, 0.29) is 5.41 Å². The van der Waals surface area contributed by atoms with Crippen LogP contribution in [0.3, 0.4) is 0 Å². The second-order valence-corrected chi connectivity index (χ2v) is 5.26. The number of hydrogen-bond donors (Lipinski definition) is 2. The standard InChI is InChI=1S/C12H17NO2/c1-7-5-9(8(2)13-7)12(10(14)15)6-11(12,3)4/h5,13H,6H2,1-4H3,(H,14,15). The molecule has 1 aromatic heterocycles. The van der Waals surface area contributed by atoms with E-state index in [0.717, 1.165) is 23.4 Å². The van der Waals surface area contributed by atoms with Crippen LogP contribution in [-0.4, -0.2) is 16.1 Å². The van der Waals surface area contributed by atoms with Gasteiger partial charge < -0.3 is 10.1 Å². The first-order valence-electron chi connectivity index (χ1n) is 5.21. The van der Waals surface area contributed by atoms with Crippen LogP contribution in [-0.2, 0) is 10.2 Å². The molecule has 0 aliphatic heterocycles. The number of aliphatic carboxylic acids is 1. The number of nitrogens with one attached hydrogen (secondary N) is 1. The number of aromatic amines is 1. The zero-order valence-corrected chi connectivity index (χ0v) is 9.64. The third kappa shape index (κ3) is 1.15. The summed E-state index contributed by atoms with van der Waals surface area (Å²) >= 11 is 0. The van der Waals surface area contributed by atoms with E-state index in [1.165, 1.54) is 0 Å². The van der Waals surface area contributed by atoms with Crippen LogP contribution in [0.1, 0.15) is 37.2 Å². The van der Waals surface area contributed by atoms with Gasteiger partial charge in [-0.2, -0.15) is 0 Å². The summed E-state index contributed by atoms with van der Waals surface area (Å²) in [6.45, 7) is 7.94. The second-order valence-electron chi connectivity index (χ2n) is 5.26. The quantitative estimate of drug-likeness (QED) is 0.782. The normalized spacial score (nSPS) is 27.7. The first-order valence-corrected chi connectivity index (χ1v) is 5.21.